The maximum atomic E-state index is 11.5. The van der Waals surface area contributed by atoms with E-state index in [0.717, 1.165) is 17.2 Å². The third-order valence-corrected chi connectivity index (χ3v) is 2.70. The summed E-state index contributed by atoms with van der Waals surface area (Å²) in [7, 11) is 0. The van der Waals surface area contributed by atoms with Crippen molar-refractivity contribution in [1.29, 1.82) is 0 Å². The van der Waals surface area contributed by atoms with Crippen molar-refractivity contribution >= 4 is 11.7 Å². The molecule has 1 heterocycles. The topological polar surface area (TPSA) is 64.1 Å². The molecule has 0 aliphatic rings. The number of hydrogen-bond acceptors (Lipinski definition) is 5. The molecule has 104 valence electrons. The summed E-state index contributed by atoms with van der Waals surface area (Å²) in [5.41, 5.74) is 2.40. The number of aromatic nitrogens is 2. The molecule has 0 saturated heterocycles. The van der Waals surface area contributed by atoms with Gasteiger partial charge in [-0.3, -0.25) is 0 Å². The van der Waals surface area contributed by atoms with Crippen LogP contribution in [-0.2, 0) is 11.3 Å². The Morgan fingerprint density at radius 1 is 1.25 bits per heavy atom. The highest BCUT2D eigenvalue weighted by atomic mass is 16.5. The molecular weight excluding hydrogens is 254 g/mol. The Labute approximate surface area is 118 Å². The summed E-state index contributed by atoms with van der Waals surface area (Å²) in [4.78, 5) is 19.9. The summed E-state index contributed by atoms with van der Waals surface area (Å²) in [5, 5.41) is 3.24. The van der Waals surface area contributed by atoms with Gasteiger partial charge < -0.3 is 10.1 Å². The molecule has 0 amide bonds. The van der Waals surface area contributed by atoms with Crippen LogP contribution in [0.2, 0.25) is 0 Å². The van der Waals surface area contributed by atoms with Gasteiger partial charge in [-0.15, -0.1) is 0 Å². The molecule has 0 spiro atoms. The Balaban J connectivity index is 1.95. The monoisotopic (exact) mass is 271 g/mol. The second kappa shape index (κ2) is 6.65. The van der Waals surface area contributed by atoms with E-state index in [4.69, 9.17) is 4.74 Å². The first kappa shape index (κ1) is 14.0. The van der Waals surface area contributed by atoms with Gasteiger partial charge in [-0.05, 0) is 44.2 Å². The third-order valence-electron chi connectivity index (χ3n) is 2.70. The average molecular weight is 271 g/mol. The van der Waals surface area contributed by atoms with Crippen molar-refractivity contribution < 1.29 is 9.53 Å². The van der Waals surface area contributed by atoms with Crippen molar-refractivity contribution in [3.05, 3.63) is 53.6 Å². The molecule has 1 aromatic heterocycles. The van der Waals surface area contributed by atoms with E-state index in [1.165, 1.54) is 0 Å². The normalized spacial score (nSPS) is 10.1. The summed E-state index contributed by atoms with van der Waals surface area (Å²) in [6.07, 6.45) is 1.74. The van der Waals surface area contributed by atoms with Gasteiger partial charge in [-0.25, -0.2) is 14.8 Å². The molecule has 0 saturated carbocycles. The number of anilines is 1. The van der Waals surface area contributed by atoms with Crippen LogP contribution in [0.1, 0.15) is 28.8 Å². The molecule has 0 radical (unpaired) electrons. The summed E-state index contributed by atoms with van der Waals surface area (Å²) < 4.78 is 4.93. The second-order valence-electron chi connectivity index (χ2n) is 4.25. The average Bonchev–Trinajstić information content (AvgIpc) is 2.46. The lowest BCUT2D eigenvalue weighted by Crippen LogP contribution is -2.06. The lowest BCUT2D eigenvalue weighted by Gasteiger charge is -2.07. The molecule has 1 aromatic carbocycles. The number of nitrogens with one attached hydrogen (secondary N) is 1. The van der Waals surface area contributed by atoms with Crippen molar-refractivity contribution in [1.82, 2.24) is 9.97 Å². The third kappa shape index (κ3) is 3.78. The number of ether oxygens (including phenoxy) is 1. The van der Waals surface area contributed by atoms with Crippen LogP contribution >= 0.6 is 0 Å². The van der Waals surface area contributed by atoms with Gasteiger partial charge in [0.05, 0.1) is 24.4 Å². The maximum absolute atomic E-state index is 11.5. The molecule has 0 atom stereocenters. The van der Waals surface area contributed by atoms with E-state index in [1.54, 1.807) is 25.3 Å². The first-order valence-electron chi connectivity index (χ1n) is 6.48. The minimum Gasteiger partial charge on any atom is -0.462 e. The minimum absolute atomic E-state index is 0.300. The summed E-state index contributed by atoms with van der Waals surface area (Å²) >= 11 is 0. The zero-order valence-electron chi connectivity index (χ0n) is 11.6. The standard InChI is InChI=1S/C15H17N3O2/c1-3-20-15(19)12-4-6-13(7-5-12)17-10-14-8-9-16-11(2)18-14/h4-9,17H,3,10H2,1-2H3. The number of hydrogen-bond donors (Lipinski definition) is 1. The van der Waals surface area contributed by atoms with Crippen LogP contribution in [0.15, 0.2) is 36.5 Å². The van der Waals surface area contributed by atoms with Gasteiger partial charge in [0, 0.05) is 11.9 Å². The predicted molar refractivity (Wildman–Crippen MR) is 76.5 cm³/mol. The van der Waals surface area contributed by atoms with Crippen LogP contribution in [0.3, 0.4) is 0 Å². The minimum atomic E-state index is -0.300. The second-order valence-corrected chi connectivity index (χ2v) is 4.25. The molecule has 0 bridgehead atoms. The zero-order chi connectivity index (χ0) is 14.4. The Morgan fingerprint density at radius 2 is 2.00 bits per heavy atom. The molecule has 0 fully saturated rings. The predicted octanol–water partition coefficient (Wildman–Crippen LogP) is 2.57. The first-order valence-corrected chi connectivity index (χ1v) is 6.48. The molecule has 2 aromatic rings. The number of aryl methyl sites for hydroxylation is 1. The number of rotatable bonds is 5. The number of esters is 1. The quantitative estimate of drug-likeness (QED) is 0.847. The van der Waals surface area contributed by atoms with Crippen LogP contribution in [-0.4, -0.2) is 22.5 Å². The van der Waals surface area contributed by atoms with E-state index in [2.05, 4.69) is 15.3 Å². The first-order chi connectivity index (χ1) is 9.69. The summed E-state index contributed by atoms with van der Waals surface area (Å²) in [5.74, 6) is 0.451. The maximum Gasteiger partial charge on any atom is 0.338 e. The van der Waals surface area contributed by atoms with Gasteiger partial charge in [0.25, 0.3) is 0 Å². The van der Waals surface area contributed by atoms with Crippen molar-refractivity contribution in [3.63, 3.8) is 0 Å². The van der Waals surface area contributed by atoms with Crippen molar-refractivity contribution in [2.75, 3.05) is 11.9 Å². The Hall–Kier alpha value is -2.43. The van der Waals surface area contributed by atoms with Crippen LogP contribution in [0, 0.1) is 6.92 Å². The molecule has 2 rings (SSSR count). The highest BCUT2D eigenvalue weighted by molar-refractivity contribution is 5.89. The van der Waals surface area contributed by atoms with Crippen molar-refractivity contribution in [2.24, 2.45) is 0 Å². The van der Waals surface area contributed by atoms with E-state index in [9.17, 15) is 4.79 Å². The van der Waals surface area contributed by atoms with Gasteiger partial charge in [0.15, 0.2) is 0 Å². The molecule has 0 unspecified atom stereocenters. The SMILES string of the molecule is CCOC(=O)c1ccc(NCc2ccnc(C)n2)cc1. The molecular formula is C15H17N3O2. The smallest absolute Gasteiger partial charge is 0.338 e. The van der Waals surface area contributed by atoms with E-state index in [1.807, 2.05) is 25.1 Å². The van der Waals surface area contributed by atoms with Gasteiger partial charge >= 0.3 is 5.97 Å². The molecule has 20 heavy (non-hydrogen) atoms. The highest BCUT2D eigenvalue weighted by Crippen LogP contribution is 2.11. The van der Waals surface area contributed by atoms with Gasteiger partial charge in [-0.1, -0.05) is 0 Å². The number of benzene rings is 1. The Bertz CT molecular complexity index is 582. The van der Waals surface area contributed by atoms with Crippen molar-refractivity contribution in [2.45, 2.75) is 20.4 Å². The summed E-state index contributed by atoms with van der Waals surface area (Å²) in [6.45, 7) is 4.64. The molecule has 0 aliphatic carbocycles. The number of nitrogens with zero attached hydrogens (tertiary/aromatic N) is 2. The van der Waals surface area contributed by atoms with E-state index >= 15 is 0 Å². The number of carbonyl (C=O) groups is 1. The Morgan fingerprint density at radius 3 is 2.65 bits per heavy atom. The van der Waals surface area contributed by atoms with Crippen LogP contribution in [0.5, 0.6) is 0 Å². The largest absolute Gasteiger partial charge is 0.462 e. The van der Waals surface area contributed by atoms with Gasteiger partial charge in [0.1, 0.15) is 5.82 Å². The van der Waals surface area contributed by atoms with Crippen molar-refractivity contribution in [3.8, 4) is 0 Å². The fourth-order valence-corrected chi connectivity index (χ4v) is 1.73. The Kier molecular flexibility index (Phi) is 4.65. The summed E-state index contributed by atoms with van der Waals surface area (Å²) in [6, 6.07) is 9.05. The van der Waals surface area contributed by atoms with Gasteiger partial charge in [-0.2, -0.15) is 0 Å². The lowest BCUT2D eigenvalue weighted by molar-refractivity contribution is 0.0526. The lowest BCUT2D eigenvalue weighted by atomic mass is 10.2. The van der Waals surface area contributed by atoms with E-state index in [0.29, 0.717) is 18.7 Å². The molecule has 0 aliphatic heterocycles. The van der Waals surface area contributed by atoms with Crippen LogP contribution in [0.4, 0.5) is 5.69 Å². The van der Waals surface area contributed by atoms with Crippen LogP contribution < -0.4 is 5.32 Å². The zero-order valence-corrected chi connectivity index (χ0v) is 11.6. The van der Waals surface area contributed by atoms with E-state index in [-0.39, 0.29) is 5.97 Å². The highest BCUT2D eigenvalue weighted by Gasteiger charge is 2.05. The fraction of sp³-hybridized carbons (Fsp3) is 0.267. The van der Waals surface area contributed by atoms with E-state index < -0.39 is 0 Å². The number of carbonyl (C=O) groups excluding carboxylic acids is 1. The van der Waals surface area contributed by atoms with Crippen LogP contribution in [0.25, 0.3) is 0 Å². The molecule has 5 heteroatoms. The van der Waals surface area contributed by atoms with Gasteiger partial charge in [0.2, 0.25) is 0 Å². The molecule has 5 nitrogen and oxygen atoms in total. The molecule has 1 N–H and O–H groups in total. The fourth-order valence-electron chi connectivity index (χ4n) is 1.73.